The van der Waals surface area contributed by atoms with Crippen molar-refractivity contribution in [2.24, 2.45) is 5.73 Å². The number of anilines is 1. The molecule has 0 atom stereocenters. The number of nitrogens with two attached hydrogens (primary N) is 1. The summed E-state index contributed by atoms with van der Waals surface area (Å²) in [6.07, 6.45) is 0. The first-order chi connectivity index (χ1) is 8.94. The molecule has 5 nitrogen and oxygen atoms in total. The third-order valence-electron chi connectivity index (χ3n) is 2.30. The minimum atomic E-state index is -3.80. The average molecular weight is 366 g/mol. The van der Waals surface area contributed by atoms with Gasteiger partial charge in [-0.05, 0) is 40.2 Å². The van der Waals surface area contributed by atoms with E-state index in [1.54, 1.807) is 18.2 Å². The van der Waals surface area contributed by atoms with E-state index in [0.29, 0.717) is 20.9 Å². The molecule has 2 rings (SSSR count). The Hall–Kier alpha value is -1.02. The van der Waals surface area contributed by atoms with Crippen molar-refractivity contribution >= 4 is 43.2 Å². The van der Waals surface area contributed by atoms with Gasteiger partial charge in [-0.3, -0.25) is 4.72 Å². The van der Waals surface area contributed by atoms with Crippen LogP contribution in [0.3, 0.4) is 0 Å². The van der Waals surface area contributed by atoms with Gasteiger partial charge in [0.25, 0.3) is 10.0 Å². The lowest BCUT2D eigenvalue weighted by atomic mass is 10.3. The Kier molecular flexibility index (Phi) is 4.19. The van der Waals surface area contributed by atoms with Crippen molar-refractivity contribution in [3.8, 4) is 0 Å². The van der Waals surface area contributed by atoms with Gasteiger partial charge in [-0.25, -0.2) is 0 Å². The van der Waals surface area contributed by atoms with Gasteiger partial charge in [-0.2, -0.15) is 8.42 Å². The maximum absolute atomic E-state index is 12.1. The Morgan fingerprint density at radius 1 is 1.32 bits per heavy atom. The Balaban J connectivity index is 2.33. The molecule has 0 aliphatic heterocycles. The topological polar surface area (TPSA) is 85.3 Å². The van der Waals surface area contributed by atoms with E-state index in [-0.39, 0.29) is 11.6 Å². The first-order valence-corrected chi connectivity index (χ1v) is 7.85. The summed E-state index contributed by atoms with van der Waals surface area (Å²) in [6.45, 7) is 0.135. The highest BCUT2D eigenvalue weighted by atomic mass is 79.9. The van der Waals surface area contributed by atoms with Gasteiger partial charge >= 0.3 is 0 Å². The van der Waals surface area contributed by atoms with Crippen LogP contribution < -0.4 is 10.5 Å². The molecular weight excluding hydrogens is 356 g/mol. The van der Waals surface area contributed by atoms with Gasteiger partial charge in [0.15, 0.2) is 0 Å². The molecule has 0 aliphatic carbocycles. The zero-order chi connectivity index (χ0) is 14.0. The average Bonchev–Trinajstić information content (AvgIpc) is 2.84. The summed E-state index contributed by atoms with van der Waals surface area (Å²) >= 11 is 9.11. The maximum Gasteiger partial charge on any atom is 0.295 e. The van der Waals surface area contributed by atoms with Gasteiger partial charge in [0.2, 0.25) is 5.09 Å². The number of hydrogen-bond acceptors (Lipinski definition) is 4. The van der Waals surface area contributed by atoms with Crippen LogP contribution in [0.1, 0.15) is 5.76 Å². The zero-order valence-corrected chi connectivity index (χ0v) is 12.7. The first-order valence-electron chi connectivity index (χ1n) is 5.19. The number of sulfonamides is 1. The van der Waals surface area contributed by atoms with E-state index in [0.717, 1.165) is 0 Å². The smallest absolute Gasteiger partial charge is 0.295 e. The van der Waals surface area contributed by atoms with Gasteiger partial charge in [-0.15, -0.1) is 0 Å². The summed E-state index contributed by atoms with van der Waals surface area (Å²) in [6, 6.07) is 7.73. The van der Waals surface area contributed by atoms with E-state index >= 15 is 0 Å². The van der Waals surface area contributed by atoms with Crippen molar-refractivity contribution in [2.75, 3.05) is 4.72 Å². The molecule has 0 saturated heterocycles. The SMILES string of the molecule is NCc1ccc(S(=O)(=O)Nc2cccc(Cl)c2Br)o1. The zero-order valence-electron chi connectivity index (χ0n) is 9.56. The molecule has 0 radical (unpaired) electrons. The molecule has 102 valence electrons. The first kappa shape index (κ1) is 14.4. The lowest BCUT2D eigenvalue weighted by Gasteiger charge is -2.08. The van der Waals surface area contributed by atoms with Crippen LogP contribution in [0.4, 0.5) is 5.69 Å². The van der Waals surface area contributed by atoms with Gasteiger partial charge in [0, 0.05) is 0 Å². The minimum absolute atomic E-state index is 0.135. The Morgan fingerprint density at radius 2 is 2.05 bits per heavy atom. The van der Waals surface area contributed by atoms with Crippen molar-refractivity contribution in [2.45, 2.75) is 11.6 Å². The van der Waals surface area contributed by atoms with Crippen molar-refractivity contribution in [1.82, 2.24) is 0 Å². The van der Waals surface area contributed by atoms with E-state index in [4.69, 9.17) is 21.8 Å². The highest BCUT2D eigenvalue weighted by Crippen LogP contribution is 2.31. The second kappa shape index (κ2) is 5.54. The molecule has 0 spiro atoms. The Bertz CT molecular complexity index is 700. The molecule has 1 aromatic carbocycles. The molecule has 0 saturated carbocycles. The van der Waals surface area contributed by atoms with Gasteiger partial charge < -0.3 is 10.2 Å². The Labute approximate surface area is 123 Å². The fraction of sp³-hybridized carbons (Fsp3) is 0.0909. The van der Waals surface area contributed by atoms with Crippen LogP contribution >= 0.6 is 27.5 Å². The summed E-state index contributed by atoms with van der Waals surface area (Å²) in [5.74, 6) is 0.394. The van der Waals surface area contributed by atoms with Crippen LogP contribution in [0.5, 0.6) is 0 Å². The van der Waals surface area contributed by atoms with E-state index in [9.17, 15) is 8.42 Å². The van der Waals surface area contributed by atoms with E-state index in [1.165, 1.54) is 12.1 Å². The molecule has 0 fully saturated rings. The standard InChI is InChI=1S/C11H10BrClN2O3S/c12-11-8(13)2-1-3-9(11)15-19(16,17)10-5-4-7(6-14)18-10/h1-5,15H,6,14H2. The molecule has 0 aliphatic rings. The summed E-state index contributed by atoms with van der Waals surface area (Å²) in [7, 11) is -3.80. The van der Waals surface area contributed by atoms with E-state index in [2.05, 4.69) is 20.7 Å². The van der Waals surface area contributed by atoms with Crippen molar-refractivity contribution < 1.29 is 12.8 Å². The number of halogens is 2. The second-order valence-corrected chi connectivity index (χ2v) is 6.45. The molecule has 1 aromatic heterocycles. The summed E-state index contributed by atoms with van der Waals surface area (Å²) < 4.78 is 32.1. The quantitative estimate of drug-likeness (QED) is 0.872. The molecule has 19 heavy (non-hydrogen) atoms. The largest absolute Gasteiger partial charge is 0.446 e. The normalized spacial score (nSPS) is 11.5. The van der Waals surface area contributed by atoms with Gasteiger partial charge in [0.1, 0.15) is 5.76 Å². The van der Waals surface area contributed by atoms with Crippen LogP contribution in [0, 0.1) is 0 Å². The van der Waals surface area contributed by atoms with E-state index in [1.807, 2.05) is 0 Å². The number of rotatable bonds is 4. The highest BCUT2D eigenvalue weighted by molar-refractivity contribution is 9.10. The third-order valence-corrected chi connectivity index (χ3v) is 4.93. The molecular formula is C11H10BrClN2O3S. The molecule has 1 heterocycles. The molecule has 0 amide bonds. The molecule has 8 heteroatoms. The molecule has 0 unspecified atom stereocenters. The van der Waals surface area contributed by atoms with Crippen LogP contribution in [-0.4, -0.2) is 8.42 Å². The maximum atomic E-state index is 12.1. The molecule has 2 aromatic rings. The van der Waals surface area contributed by atoms with Crippen LogP contribution in [0.25, 0.3) is 0 Å². The van der Waals surface area contributed by atoms with E-state index < -0.39 is 10.0 Å². The minimum Gasteiger partial charge on any atom is -0.446 e. The van der Waals surface area contributed by atoms with Gasteiger partial charge in [0.05, 0.1) is 21.7 Å². The molecule has 0 bridgehead atoms. The highest BCUT2D eigenvalue weighted by Gasteiger charge is 2.20. The van der Waals surface area contributed by atoms with Crippen molar-refractivity contribution in [1.29, 1.82) is 0 Å². The predicted octanol–water partition coefficient (Wildman–Crippen LogP) is 2.96. The number of nitrogens with one attached hydrogen (secondary N) is 1. The predicted molar refractivity (Wildman–Crippen MR) is 76.6 cm³/mol. The van der Waals surface area contributed by atoms with Crippen LogP contribution in [0.2, 0.25) is 5.02 Å². The monoisotopic (exact) mass is 364 g/mol. The molecule has 3 N–H and O–H groups in total. The fourth-order valence-corrected chi connectivity index (χ4v) is 3.08. The fourth-order valence-electron chi connectivity index (χ4n) is 1.39. The summed E-state index contributed by atoms with van der Waals surface area (Å²) in [5.41, 5.74) is 5.70. The summed E-state index contributed by atoms with van der Waals surface area (Å²) in [4.78, 5) is 0. The second-order valence-electron chi connectivity index (χ2n) is 3.63. The lowest BCUT2D eigenvalue weighted by Crippen LogP contribution is -2.12. The van der Waals surface area contributed by atoms with Crippen LogP contribution in [0.15, 0.2) is 44.3 Å². The Morgan fingerprint density at radius 3 is 2.68 bits per heavy atom. The van der Waals surface area contributed by atoms with Crippen molar-refractivity contribution in [3.05, 3.63) is 45.6 Å². The third kappa shape index (κ3) is 3.11. The lowest BCUT2D eigenvalue weighted by molar-refractivity contribution is 0.417. The van der Waals surface area contributed by atoms with Gasteiger partial charge in [-0.1, -0.05) is 17.7 Å². The van der Waals surface area contributed by atoms with Crippen LogP contribution in [-0.2, 0) is 16.6 Å². The van der Waals surface area contributed by atoms with Crippen molar-refractivity contribution in [3.63, 3.8) is 0 Å². The number of hydrogen-bond donors (Lipinski definition) is 2. The number of benzene rings is 1. The summed E-state index contributed by atoms with van der Waals surface area (Å²) in [5, 5.41) is 0.210. The number of furan rings is 1.